The van der Waals surface area contributed by atoms with Gasteiger partial charge < -0.3 is 19.8 Å². The van der Waals surface area contributed by atoms with Crippen LogP contribution in [0, 0.1) is 5.41 Å². The average molecular weight is 536 g/mol. The van der Waals surface area contributed by atoms with E-state index in [0.29, 0.717) is 17.7 Å². The predicted octanol–water partition coefficient (Wildman–Crippen LogP) is 0.125. The lowest BCUT2D eigenvalue weighted by atomic mass is 10.1. The zero-order chi connectivity index (χ0) is 26.9. The molecule has 0 amide bonds. The van der Waals surface area contributed by atoms with Gasteiger partial charge in [0.1, 0.15) is 11.8 Å². The summed E-state index contributed by atoms with van der Waals surface area (Å²) in [6, 6.07) is 4.00. The van der Waals surface area contributed by atoms with Crippen LogP contribution in [0.2, 0.25) is 0 Å². The Bertz CT molecular complexity index is 1170. The SMILES string of the molecule is Cn1cnc(S(=O)(=O)N[C@@H](Cc2ccc(OCCCONC(=N)N)cc2)C(=O)OC(=O)C(F)(F)F)c1. The molecule has 198 valence electrons. The third kappa shape index (κ3) is 9.16. The van der Waals surface area contributed by atoms with Crippen molar-refractivity contribution in [2.75, 3.05) is 13.2 Å². The highest BCUT2D eigenvalue weighted by molar-refractivity contribution is 7.89. The van der Waals surface area contributed by atoms with Crippen LogP contribution >= 0.6 is 0 Å². The van der Waals surface area contributed by atoms with Crippen molar-refractivity contribution in [1.29, 1.82) is 5.41 Å². The first kappa shape index (κ1) is 28.5. The molecule has 0 saturated heterocycles. The van der Waals surface area contributed by atoms with Gasteiger partial charge in [-0.2, -0.15) is 17.9 Å². The molecular formula is C19H23F3N6O7S. The van der Waals surface area contributed by atoms with Gasteiger partial charge in [0.25, 0.3) is 10.0 Å². The number of sulfonamides is 1. The number of rotatable bonds is 12. The summed E-state index contributed by atoms with van der Waals surface area (Å²) in [6.07, 6.45) is -3.18. The second-order valence-corrected chi connectivity index (χ2v) is 8.83. The van der Waals surface area contributed by atoms with Gasteiger partial charge in [-0.1, -0.05) is 12.1 Å². The van der Waals surface area contributed by atoms with Gasteiger partial charge in [-0.05, 0) is 24.1 Å². The van der Waals surface area contributed by atoms with Gasteiger partial charge >= 0.3 is 18.1 Å². The fourth-order valence-electron chi connectivity index (χ4n) is 2.58. The number of halogens is 3. The lowest BCUT2D eigenvalue weighted by molar-refractivity contribution is -0.202. The second-order valence-electron chi connectivity index (χ2n) is 7.17. The van der Waals surface area contributed by atoms with E-state index in [1.54, 1.807) is 0 Å². The Morgan fingerprint density at radius 1 is 1.22 bits per heavy atom. The number of guanidine groups is 1. The second kappa shape index (κ2) is 12.3. The molecular weight excluding hydrogens is 513 g/mol. The van der Waals surface area contributed by atoms with E-state index in [1.807, 2.05) is 4.72 Å². The fourth-order valence-corrected chi connectivity index (χ4v) is 3.74. The molecule has 13 nitrogen and oxygen atoms in total. The molecule has 0 fully saturated rings. The summed E-state index contributed by atoms with van der Waals surface area (Å²) in [6.45, 7) is 0.436. The number of hydrogen-bond acceptors (Lipinski definition) is 9. The van der Waals surface area contributed by atoms with Crippen LogP contribution in [0.5, 0.6) is 5.75 Å². The number of aryl methyl sites for hydroxylation is 1. The highest BCUT2D eigenvalue weighted by Crippen LogP contribution is 2.19. The van der Waals surface area contributed by atoms with E-state index in [-0.39, 0.29) is 19.2 Å². The summed E-state index contributed by atoms with van der Waals surface area (Å²) >= 11 is 0. The maximum Gasteiger partial charge on any atom is 0.491 e. The summed E-state index contributed by atoms with van der Waals surface area (Å²) < 4.78 is 75.3. The van der Waals surface area contributed by atoms with Crippen LogP contribution in [0.4, 0.5) is 13.2 Å². The molecule has 1 heterocycles. The first-order chi connectivity index (χ1) is 16.8. The number of benzene rings is 1. The number of esters is 2. The van der Waals surface area contributed by atoms with E-state index in [0.717, 1.165) is 6.20 Å². The third-order valence-corrected chi connectivity index (χ3v) is 5.52. The van der Waals surface area contributed by atoms with Crippen molar-refractivity contribution >= 4 is 27.9 Å². The molecule has 0 aliphatic carbocycles. The third-order valence-electron chi connectivity index (χ3n) is 4.17. The predicted molar refractivity (Wildman–Crippen MR) is 116 cm³/mol. The Hall–Kier alpha value is -3.70. The molecule has 1 atom stereocenters. The molecule has 17 heteroatoms. The molecule has 1 aromatic heterocycles. The molecule has 0 spiro atoms. The highest BCUT2D eigenvalue weighted by atomic mass is 32.2. The number of nitrogens with one attached hydrogen (secondary N) is 3. The highest BCUT2D eigenvalue weighted by Gasteiger charge is 2.44. The Morgan fingerprint density at radius 3 is 2.44 bits per heavy atom. The Balaban J connectivity index is 2.07. The molecule has 2 aromatic rings. The molecule has 0 aliphatic rings. The van der Waals surface area contributed by atoms with Crippen molar-refractivity contribution in [3.05, 3.63) is 42.4 Å². The molecule has 0 radical (unpaired) electrons. The van der Waals surface area contributed by atoms with Crippen molar-refractivity contribution in [3.8, 4) is 5.75 Å². The lowest BCUT2D eigenvalue weighted by Gasteiger charge is -2.17. The summed E-state index contributed by atoms with van der Waals surface area (Å²) in [5.74, 6) is -4.46. The van der Waals surface area contributed by atoms with Crippen LogP contribution in [0.25, 0.3) is 0 Å². The van der Waals surface area contributed by atoms with Crippen LogP contribution in [-0.4, -0.2) is 61.3 Å². The van der Waals surface area contributed by atoms with Gasteiger partial charge in [-0.15, -0.1) is 0 Å². The van der Waals surface area contributed by atoms with Crippen LogP contribution in [0.1, 0.15) is 12.0 Å². The minimum absolute atomic E-state index is 0.203. The number of nitrogens with two attached hydrogens (primary N) is 1. The number of hydroxylamine groups is 1. The largest absolute Gasteiger partial charge is 0.494 e. The zero-order valence-electron chi connectivity index (χ0n) is 18.7. The van der Waals surface area contributed by atoms with Gasteiger partial charge in [-0.3, -0.25) is 10.2 Å². The van der Waals surface area contributed by atoms with Crippen LogP contribution in [0.3, 0.4) is 0 Å². The van der Waals surface area contributed by atoms with E-state index < -0.39 is 45.6 Å². The van der Waals surface area contributed by atoms with Gasteiger partial charge in [0.15, 0.2) is 5.03 Å². The van der Waals surface area contributed by atoms with Gasteiger partial charge in [-0.25, -0.2) is 28.5 Å². The molecule has 2 rings (SSSR count). The number of aromatic nitrogens is 2. The summed E-state index contributed by atoms with van der Waals surface area (Å²) in [5, 5.41) is 6.44. The average Bonchev–Trinajstić information content (AvgIpc) is 3.23. The van der Waals surface area contributed by atoms with E-state index in [4.69, 9.17) is 20.7 Å². The van der Waals surface area contributed by atoms with E-state index in [1.165, 1.54) is 42.2 Å². The lowest BCUT2D eigenvalue weighted by Crippen LogP contribution is -2.45. The number of carbonyl (C=O) groups excluding carboxylic acids is 2. The zero-order valence-corrected chi connectivity index (χ0v) is 19.6. The molecule has 0 aliphatic heterocycles. The molecule has 36 heavy (non-hydrogen) atoms. The van der Waals surface area contributed by atoms with Crippen molar-refractivity contribution in [2.45, 2.75) is 30.1 Å². The number of hydrogen-bond donors (Lipinski definition) is 4. The van der Waals surface area contributed by atoms with Crippen LogP contribution in [0.15, 0.2) is 41.8 Å². The Kier molecular flexibility index (Phi) is 9.76. The van der Waals surface area contributed by atoms with Crippen molar-refractivity contribution < 1.29 is 45.5 Å². The standard InChI is InChI=1S/C19H23F3N6O7S/c1-28-10-15(25-11-28)36(31,32)27-14(16(29)35-17(30)19(20,21)22)9-12-3-5-13(6-4-12)33-7-2-8-34-26-18(23)24/h3-6,10-11,14,27H,2,7-9H2,1H3,(H4,23,24,26)/t14-/m0/s1. The minimum Gasteiger partial charge on any atom is -0.494 e. The quantitative estimate of drug-likeness (QED) is 0.0725. The number of imidazole rings is 1. The molecule has 1 aromatic carbocycles. The molecule has 0 saturated carbocycles. The van der Waals surface area contributed by atoms with Crippen LogP contribution in [-0.2, 0) is 42.7 Å². The molecule has 5 N–H and O–H groups in total. The first-order valence-corrected chi connectivity index (χ1v) is 11.5. The summed E-state index contributed by atoms with van der Waals surface area (Å²) in [4.78, 5) is 31.9. The topological polar surface area (TPSA) is 188 Å². The Labute approximate surface area is 203 Å². The van der Waals surface area contributed by atoms with Crippen LogP contribution < -0.4 is 20.7 Å². The molecule has 0 bridgehead atoms. The maximum atomic E-state index is 12.6. The van der Waals surface area contributed by atoms with Gasteiger partial charge in [0, 0.05) is 19.7 Å². The van der Waals surface area contributed by atoms with Crippen molar-refractivity contribution in [3.63, 3.8) is 0 Å². The van der Waals surface area contributed by atoms with E-state index in [2.05, 4.69) is 15.2 Å². The Morgan fingerprint density at radius 2 is 1.89 bits per heavy atom. The number of carbonyl (C=O) groups is 2. The van der Waals surface area contributed by atoms with Gasteiger partial charge in [0.05, 0.1) is 19.5 Å². The van der Waals surface area contributed by atoms with E-state index in [9.17, 15) is 31.2 Å². The fraction of sp³-hybridized carbons (Fsp3) is 0.368. The smallest absolute Gasteiger partial charge is 0.491 e. The van der Waals surface area contributed by atoms with Gasteiger partial charge in [0.2, 0.25) is 5.96 Å². The summed E-state index contributed by atoms with van der Waals surface area (Å²) in [5.41, 5.74) is 7.53. The monoisotopic (exact) mass is 536 g/mol. The minimum atomic E-state index is -5.45. The first-order valence-electron chi connectivity index (χ1n) is 10.0. The maximum absolute atomic E-state index is 12.6. The van der Waals surface area contributed by atoms with E-state index >= 15 is 0 Å². The number of alkyl halides is 3. The molecule has 0 unspecified atom stereocenters. The van der Waals surface area contributed by atoms with Crippen molar-refractivity contribution in [1.82, 2.24) is 19.8 Å². The van der Waals surface area contributed by atoms with Crippen molar-refractivity contribution in [2.24, 2.45) is 12.8 Å². The number of ether oxygens (including phenoxy) is 2. The number of nitrogens with zero attached hydrogens (tertiary/aromatic N) is 2. The normalized spacial score (nSPS) is 12.6. The summed E-state index contributed by atoms with van der Waals surface area (Å²) in [7, 11) is -2.96.